The fraction of sp³-hybridized carbons (Fsp3) is 0.345. The van der Waals surface area contributed by atoms with Crippen LogP contribution in [0.2, 0.25) is 0 Å². The summed E-state index contributed by atoms with van der Waals surface area (Å²) in [7, 11) is 0. The molecule has 0 bridgehead atoms. The summed E-state index contributed by atoms with van der Waals surface area (Å²) in [6.45, 7) is 2.83. The average Bonchev–Trinajstić information content (AvgIpc) is 2.90. The van der Waals surface area contributed by atoms with Gasteiger partial charge in [0.15, 0.2) is 0 Å². The molecule has 36 heavy (non-hydrogen) atoms. The Morgan fingerprint density at radius 3 is 1.75 bits per heavy atom. The third-order valence-corrected chi connectivity index (χ3v) is 6.40. The Morgan fingerprint density at radius 2 is 1.25 bits per heavy atom. The largest absolute Gasteiger partial charge is 0.374 e. The van der Waals surface area contributed by atoms with Crippen molar-refractivity contribution in [3.63, 3.8) is 0 Å². The van der Waals surface area contributed by atoms with Gasteiger partial charge in [-0.1, -0.05) is 91.0 Å². The third kappa shape index (κ3) is 7.63. The Kier molecular flexibility index (Phi) is 9.90. The first-order chi connectivity index (χ1) is 17.6. The van der Waals surface area contributed by atoms with Gasteiger partial charge in [0.05, 0.1) is 26.4 Å². The zero-order chi connectivity index (χ0) is 25.2. The molecule has 3 aromatic rings. The maximum absolute atomic E-state index is 11.9. The Morgan fingerprint density at radius 1 is 0.778 bits per heavy atom. The van der Waals surface area contributed by atoms with E-state index in [1.807, 2.05) is 91.0 Å². The minimum absolute atomic E-state index is 0.236. The molecule has 1 N–H and O–H groups in total. The van der Waals surface area contributed by atoms with E-state index in [1.165, 1.54) is 6.92 Å². The zero-order valence-electron chi connectivity index (χ0n) is 20.3. The van der Waals surface area contributed by atoms with Crippen molar-refractivity contribution in [2.24, 2.45) is 0 Å². The van der Waals surface area contributed by atoms with E-state index >= 15 is 0 Å². The number of carbonyl (C=O) groups excluding carboxylic acids is 1. The van der Waals surface area contributed by atoms with Crippen LogP contribution in [0.4, 0.5) is 0 Å². The number of halogens is 1. The van der Waals surface area contributed by atoms with E-state index in [0.717, 1.165) is 16.7 Å². The highest BCUT2D eigenvalue weighted by Crippen LogP contribution is 2.30. The smallest absolute Gasteiger partial charge is 0.218 e. The molecule has 0 aromatic heterocycles. The van der Waals surface area contributed by atoms with E-state index in [2.05, 4.69) is 5.32 Å². The van der Waals surface area contributed by atoms with E-state index in [0.29, 0.717) is 19.8 Å². The van der Waals surface area contributed by atoms with Gasteiger partial charge in [-0.05, 0) is 16.7 Å². The summed E-state index contributed by atoms with van der Waals surface area (Å²) < 4.78 is 25.0. The van der Waals surface area contributed by atoms with Crippen LogP contribution in [0.1, 0.15) is 23.6 Å². The van der Waals surface area contributed by atoms with Crippen LogP contribution in [0.5, 0.6) is 0 Å². The molecule has 1 aliphatic rings. The lowest BCUT2D eigenvalue weighted by Gasteiger charge is -2.44. The van der Waals surface area contributed by atoms with Gasteiger partial charge in [0.1, 0.15) is 29.9 Å². The quantitative estimate of drug-likeness (QED) is 0.375. The van der Waals surface area contributed by atoms with Gasteiger partial charge in [0.25, 0.3) is 0 Å². The number of hydrogen-bond acceptors (Lipinski definition) is 5. The summed E-state index contributed by atoms with van der Waals surface area (Å²) in [5.41, 5.74) is 3.10. The molecule has 0 spiro atoms. The Hall–Kier alpha value is -2.74. The predicted molar refractivity (Wildman–Crippen MR) is 138 cm³/mol. The number of nitrogens with one attached hydrogen (secondary N) is 1. The van der Waals surface area contributed by atoms with Gasteiger partial charge in [-0.15, -0.1) is 11.6 Å². The van der Waals surface area contributed by atoms with Crippen LogP contribution in [0.3, 0.4) is 0 Å². The minimum Gasteiger partial charge on any atom is -0.374 e. The van der Waals surface area contributed by atoms with Crippen molar-refractivity contribution in [1.82, 2.24) is 5.32 Å². The summed E-state index contributed by atoms with van der Waals surface area (Å²) in [6.07, 6.45) is -2.32. The molecule has 0 saturated carbocycles. The lowest BCUT2D eigenvalue weighted by molar-refractivity contribution is -0.223. The van der Waals surface area contributed by atoms with Crippen LogP contribution in [-0.2, 0) is 43.6 Å². The standard InChI is InChI=1S/C29H32ClNO5/c1-21(32)31-29-26(30)28(35-19-24-15-9-4-10-16-24)27(34-18-23-13-7-3-8-14-23)25(36-29)20-33-17-22-11-5-2-6-12-22/h2-16,25-29H,17-20H2,1H3,(H,31,32)/t25-,26-,27+,28-,29-/m1/s1. The second-order valence-corrected chi connectivity index (χ2v) is 9.27. The average molecular weight is 510 g/mol. The fourth-order valence-corrected chi connectivity index (χ4v) is 4.48. The van der Waals surface area contributed by atoms with Crippen molar-refractivity contribution in [2.75, 3.05) is 6.61 Å². The van der Waals surface area contributed by atoms with Crippen LogP contribution < -0.4 is 5.32 Å². The molecule has 3 aromatic carbocycles. The second-order valence-electron chi connectivity index (χ2n) is 8.76. The molecule has 7 heteroatoms. The number of rotatable bonds is 11. The zero-order valence-corrected chi connectivity index (χ0v) is 21.1. The highest BCUT2D eigenvalue weighted by molar-refractivity contribution is 6.21. The molecule has 1 amide bonds. The summed E-state index contributed by atoms with van der Waals surface area (Å²) in [5.74, 6) is -0.236. The summed E-state index contributed by atoms with van der Waals surface area (Å²) in [6, 6.07) is 29.7. The van der Waals surface area contributed by atoms with E-state index in [9.17, 15) is 4.79 Å². The predicted octanol–water partition coefficient (Wildman–Crippen LogP) is 4.84. The molecule has 1 aliphatic heterocycles. The van der Waals surface area contributed by atoms with Crippen LogP contribution in [0, 0.1) is 0 Å². The van der Waals surface area contributed by atoms with E-state index in [1.54, 1.807) is 0 Å². The lowest BCUT2D eigenvalue weighted by atomic mass is 9.99. The molecule has 1 saturated heterocycles. The van der Waals surface area contributed by atoms with Crippen LogP contribution in [0.15, 0.2) is 91.0 Å². The van der Waals surface area contributed by atoms with Gasteiger partial charge in [0.2, 0.25) is 5.91 Å². The van der Waals surface area contributed by atoms with Crippen molar-refractivity contribution in [3.8, 4) is 0 Å². The highest BCUT2D eigenvalue weighted by Gasteiger charge is 2.47. The first kappa shape index (κ1) is 26.3. The van der Waals surface area contributed by atoms with Gasteiger partial charge in [-0.2, -0.15) is 0 Å². The van der Waals surface area contributed by atoms with Gasteiger partial charge in [-0.3, -0.25) is 4.79 Å². The minimum atomic E-state index is -0.744. The maximum atomic E-state index is 11.9. The molecule has 0 radical (unpaired) electrons. The molecule has 4 rings (SSSR count). The topological polar surface area (TPSA) is 66.0 Å². The molecule has 1 heterocycles. The van der Waals surface area contributed by atoms with Crippen molar-refractivity contribution < 1.29 is 23.7 Å². The molecule has 6 nitrogen and oxygen atoms in total. The van der Waals surface area contributed by atoms with Crippen LogP contribution >= 0.6 is 11.6 Å². The normalized spacial score (nSPS) is 23.8. The number of benzene rings is 3. The van der Waals surface area contributed by atoms with Gasteiger partial charge < -0.3 is 24.3 Å². The van der Waals surface area contributed by atoms with E-state index in [-0.39, 0.29) is 12.5 Å². The van der Waals surface area contributed by atoms with Crippen molar-refractivity contribution >= 4 is 17.5 Å². The second kappa shape index (κ2) is 13.5. The first-order valence-electron chi connectivity index (χ1n) is 12.1. The van der Waals surface area contributed by atoms with Gasteiger partial charge >= 0.3 is 0 Å². The SMILES string of the molecule is CC(=O)N[C@@H]1O[C@H](COCc2ccccc2)[C@H](OCc2ccccc2)[C@H](OCc2ccccc2)[C@H]1Cl. The van der Waals surface area contributed by atoms with Crippen LogP contribution in [-0.4, -0.2) is 42.4 Å². The van der Waals surface area contributed by atoms with E-state index < -0.39 is 29.9 Å². The molecule has 190 valence electrons. The fourth-order valence-electron chi connectivity index (χ4n) is 4.14. The molecular weight excluding hydrogens is 478 g/mol. The monoisotopic (exact) mass is 509 g/mol. The number of alkyl halides is 1. The summed E-state index contributed by atoms with van der Waals surface area (Å²) >= 11 is 6.85. The third-order valence-electron chi connectivity index (χ3n) is 5.92. The van der Waals surface area contributed by atoms with Crippen molar-refractivity contribution in [2.45, 2.75) is 56.7 Å². The number of amides is 1. The number of carbonyl (C=O) groups is 1. The highest BCUT2D eigenvalue weighted by atomic mass is 35.5. The van der Waals surface area contributed by atoms with E-state index in [4.69, 9.17) is 30.5 Å². The Balaban J connectivity index is 1.52. The van der Waals surface area contributed by atoms with Gasteiger partial charge in [0, 0.05) is 6.92 Å². The summed E-state index contributed by atoms with van der Waals surface area (Å²) in [5, 5.41) is 2.14. The molecule has 5 atom stereocenters. The molecule has 1 fully saturated rings. The number of ether oxygens (including phenoxy) is 4. The molecule has 0 aliphatic carbocycles. The maximum Gasteiger partial charge on any atom is 0.218 e. The first-order valence-corrected chi connectivity index (χ1v) is 12.5. The Bertz CT molecular complexity index is 1050. The molecule has 0 unspecified atom stereocenters. The van der Waals surface area contributed by atoms with Gasteiger partial charge in [-0.25, -0.2) is 0 Å². The lowest BCUT2D eigenvalue weighted by Crippen LogP contribution is -2.62. The van der Waals surface area contributed by atoms with Crippen molar-refractivity contribution in [1.29, 1.82) is 0 Å². The number of hydrogen-bond donors (Lipinski definition) is 1. The molecular formula is C29H32ClNO5. The van der Waals surface area contributed by atoms with Crippen LogP contribution in [0.25, 0.3) is 0 Å². The summed E-state index contributed by atoms with van der Waals surface area (Å²) in [4.78, 5) is 11.9. The van der Waals surface area contributed by atoms with Crippen molar-refractivity contribution in [3.05, 3.63) is 108 Å². The Labute approximate surface area is 217 Å².